The van der Waals surface area contributed by atoms with Gasteiger partial charge in [0.15, 0.2) is 0 Å². The minimum Gasteiger partial charge on any atom is -0.494 e. The highest BCUT2D eigenvalue weighted by atomic mass is 16.5. The molecule has 2 aromatic rings. The molecule has 4 rings (SSSR count). The molecule has 1 atom stereocenters. The molecule has 162 valence electrons. The topological polar surface area (TPSA) is 24.9 Å². The summed E-state index contributed by atoms with van der Waals surface area (Å²) in [6.45, 7) is 6.25. The molecule has 2 heterocycles. The fourth-order valence-corrected chi connectivity index (χ4v) is 4.66. The van der Waals surface area contributed by atoms with Gasteiger partial charge in [-0.15, -0.1) is 0 Å². The molecule has 0 aliphatic carbocycles. The van der Waals surface area contributed by atoms with Crippen LogP contribution >= 0.6 is 0 Å². The van der Waals surface area contributed by atoms with E-state index in [1.807, 2.05) is 0 Å². The Labute approximate surface area is 181 Å². The highest BCUT2D eigenvalue weighted by molar-refractivity contribution is 5.38. The lowest BCUT2D eigenvalue weighted by molar-refractivity contribution is 0.233. The number of nitrogens with zero attached hydrogens (tertiary/aromatic N) is 2. The first-order chi connectivity index (χ1) is 14.8. The summed E-state index contributed by atoms with van der Waals surface area (Å²) in [7, 11) is 2.22. The second kappa shape index (κ2) is 10.8. The van der Waals surface area contributed by atoms with Crippen molar-refractivity contribution in [2.45, 2.75) is 44.6 Å². The van der Waals surface area contributed by atoms with Crippen molar-refractivity contribution >= 4 is 0 Å². The third kappa shape index (κ3) is 5.99. The summed E-state index contributed by atoms with van der Waals surface area (Å²) in [6.07, 6.45) is 7.27. The van der Waals surface area contributed by atoms with Gasteiger partial charge in [0.05, 0.1) is 6.61 Å². The summed E-state index contributed by atoms with van der Waals surface area (Å²) < 4.78 is 12.1. The molecule has 0 bridgehead atoms. The molecule has 1 unspecified atom stereocenters. The molecule has 0 saturated carbocycles. The SMILES string of the molecule is CN1CCCC1CCOc1ccc(Cc2ccccc2OCCN2CCCC2)cc1. The van der Waals surface area contributed by atoms with Crippen molar-refractivity contribution in [1.82, 2.24) is 9.80 Å². The maximum Gasteiger partial charge on any atom is 0.122 e. The molecular weight excluding hydrogens is 372 g/mol. The molecule has 0 amide bonds. The zero-order valence-corrected chi connectivity index (χ0v) is 18.4. The largest absolute Gasteiger partial charge is 0.494 e. The Balaban J connectivity index is 1.25. The Morgan fingerprint density at radius 1 is 0.867 bits per heavy atom. The van der Waals surface area contributed by atoms with Crippen LogP contribution in [0.3, 0.4) is 0 Å². The van der Waals surface area contributed by atoms with Crippen molar-refractivity contribution in [2.24, 2.45) is 0 Å². The van der Waals surface area contributed by atoms with Crippen LogP contribution < -0.4 is 9.47 Å². The summed E-state index contributed by atoms with van der Waals surface area (Å²) in [6, 6.07) is 17.7. The average molecular weight is 409 g/mol. The Morgan fingerprint density at radius 3 is 2.43 bits per heavy atom. The predicted octanol–water partition coefficient (Wildman–Crippen LogP) is 4.62. The highest BCUT2D eigenvalue weighted by Gasteiger charge is 2.20. The lowest BCUT2D eigenvalue weighted by Gasteiger charge is -2.19. The van der Waals surface area contributed by atoms with E-state index in [0.29, 0.717) is 6.04 Å². The number of benzene rings is 2. The summed E-state index contributed by atoms with van der Waals surface area (Å²) in [5, 5.41) is 0. The third-order valence-electron chi connectivity index (χ3n) is 6.55. The normalized spacial score (nSPS) is 20.0. The Hall–Kier alpha value is -2.04. The number of hydrogen-bond donors (Lipinski definition) is 0. The van der Waals surface area contributed by atoms with Crippen molar-refractivity contribution in [2.75, 3.05) is 46.4 Å². The molecule has 2 fully saturated rings. The molecule has 2 saturated heterocycles. The maximum absolute atomic E-state index is 6.14. The molecule has 2 aromatic carbocycles. The van der Waals surface area contributed by atoms with E-state index in [-0.39, 0.29) is 0 Å². The summed E-state index contributed by atoms with van der Waals surface area (Å²) in [4.78, 5) is 4.95. The lowest BCUT2D eigenvalue weighted by Crippen LogP contribution is -2.26. The van der Waals surface area contributed by atoms with Crippen LogP contribution in [0, 0.1) is 0 Å². The molecule has 0 N–H and O–H groups in total. The Morgan fingerprint density at radius 2 is 1.67 bits per heavy atom. The van der Waals surface area contributed by atoms with Gasteiger partial charge in [-0.1, -0.05) is 30.3 Å². The highest BCUT2D eigenvalue weighted by Crippen LogP contribution is 2.23. The van der Waals surface area contributed by atoms with Gasteiger partial charge in [0, 0.05) is 19.0 Å². The van der Waals surface area contributed by atoms with Crippen LogP contribution in [0.1, 0.15) is 43.2 Å². The van der Waals surface area contributed by atoms with E-state index in [1.54, 1.807) is 0 Å². The van der Waals surface area contributed by atoms with E-state index in [4.69, 9.17) is 9.47 Å². The minimum atomic E-state index is 0.686. The van der Waals surface area contributed by atoms with Gasteiger partial charge in [0.1, 0.15) is 18.1 Å². The van der Waals surface area contributed by atoms with Crippen LogP contribution in [0.15, 0.2) is 48.5 Å². The number of para-hydroxylation sites is 1. The quantitative estimate of drug-likeness (QED) is 0.573. The van der Waals surface area contributed by atoms with Gasteiger partial charge in [0.2, 0.25) is 0 Å². The van der Waals surface area contributed by atoms with Crippen molar-refractivity contribution in [3.05, 3.63) is 59.7 Å². The van der Waals surface area contributed by atoms with Gasteiger partial charge in [-0.3, -0.25) is 4.90 Å². The Kier molecular flexibility index (Phi) is 7.65. The second-order valence-electron chi connectivity index (χ2n) is 8.74. The van der Waals surface area contributed by atoms with Gasteiger partial charge < -0.3 is 14.4 Å². The monoisotopic (exact) mass is 408 g/mol. The van der Waals surface area contributed by atoms with Gasteiger partial charge in [-0.2, -0.15) is 0 Å². The first-order valence-corrected chi connectivity index (χ1v) is 11.6. The number of likely N-dealkylation sites (tertiary alicyclic amines) is 2. The van der Waals surface area contributed by atoms with Gasteiger partial charge >= 0.3 is 0 Å². The van der Waals surface area contributed by atoms with Crippen molar-refractivity contribution < 1.29 is 9.47 Å². The van der Waals surface area contributed by atoms with E-state index in [9.17, 15) is 0 Å². The predicted molar refractivity (Wildman–Crippen MR) is 123 cm³/mol. The molecule has 0 radical (unpaired) electrons. The van der Waals surface area contributed by atoms with Crippen molar-refractivity contribution in [3.8, 4) is 11.5 Å². The molecule has 0 aromatic heterocycles. The molecule has 0 spiro atoms. The molecule has 4 heteroatoms. The molecule has 4 nitrogen and oxygen atoms in total. The minimum absolute atomic E-state index is 0.686. The number of rotatable bonds is 10. The van der Waals surface area contributed by atoms with Crippen LogP contribution in [0.5, 0.6) is 11.5 Å². The van der Waals surface area contributed by atoms with Crippen molar-refractivity contribution in [1.29, 1.82) is 0 Å². The van der Waals surface area contributed by atoms with Crippen molar-refractivity contribution in [3.63, 3.8) is 0 Å². The fourth-order valence-electron chi connectivity index (χ4n) is 4.66. The lowest BCUT2D eigenvalue weighted by atomic mass is 10.0. The average Bonchev–Trinajstić information content (AvgIpc) is 3.43. The van der Waals surface area contributed by atoms with Gasteiger partial charge in [-0.05, 0) is 88.1 Å². The van der Waals surface area contributed by atoms with Crippen LogP contribution in [-0.4, -0.2) is 62.3 Å². The smallest absolute Gasteiger partial charge is 0.122 e. The maximum atomic E-state index is 6.14. The fraction of sp³-hybridized carbons (Fsp3) is 0.538. The number of hydrogen-bond acceptors (Lipinski definition) is 4. The second-order valence-corrected chi connectivity index (χ2v) is 8.74. The van der Waals surface area contributed by atoms with E-state index < -0.39 is 0 Å². The van der Waals surface area contributed by atoms with E-state index in [2.05, 4.69) is 65.4 Å². The standard InChI is InChI=1S/C26H36N2O2/c1-27-15-6-8-24(27)14-19-29-25-12-10-22(11-13-25)21-23-7-2-3-9-26(23)30-20-18-28-16-4-5-17-28/h2-3,7,9-13,24H,4-6,8,14-21H2,1H3. The first kappa shape index (κ1) is 21.2. The first-order valence-electron chi connectivity index (χ1n) is 11.6. The van der Waals surface area contributed by atoms with Crippen LogP contribution in [0.25, 0.3) is 0 Å². The molecule has 2 aliphatic heterocycles. The number of ether oxygens (including phenoxy) is 2. The summed E-state index contributed by atoms with van der Waals surface area (Å²) in [5.74, 6) is 1.98. The van der Waals surface area contributed by atoms with E-state index in [1.165, 1.54) is 56.4 Å². The summed E-state index contributed by atoms with van der Waals surface area (Å²) >= 11 is 0. The van der Waals surface area contributed by atoms with Crippen LogP contribution in [0.2, 0.25) is 0 Å². The zero-order valence-electron chi connectivity index (χ0n) is 18.4. The van der Waals surface area contributed by atoms with Crippen LogP contribution in [0.4, 0.5) is 0 Å². The summed E-state index contributed by atoms with van der Waals surface area (Å²) in [5.41, 5.74) is 2.53. The van der Waals surface area contributed by atoms with Crippen LogP contribution in [-0.2, 0) is 6.42 Å². The Bertz CT molecular complexity index is 771. The zero-order chi connectivity index (χ0) is 20.6. The van der Waals surface area contributed by atoms with E-state index in [0.717, 1.165) is 44.1 Å². The van der Waals surface area contributed by atoms with Gasteiger partial charge in [0.25, 0.3) is 0 Å². The molecular formula is C26H36N2O2. The van der Waals surface area contributed by atoms with E-state index >= 15 is 0 Å². The molecule has 2 aliphatic rings. The third-order valence-corrected chi connectivity index (χ3v) is 6.55. The molecule has 30 heavy (non-hydrogen) atoms. The van der Waals surface area contributed by atoms with Gasteiger partial charge in [-0.25, -0.2) is 0 Å².